The lowest BCUT2D eigenvalue weighted by molar-refractivity contribution is 0.594. The van der Waals surface area contributed by atoms with Gasteiger partial charge in [0, 0.05) is 5.39 Å². The molecule has 1 nitrogen and oxygen atoms in total. The smallest absolute Gasteiger partial charge is 0.129 e. The minimum atomic E-state index is 0.0944. The molecular weight excluding hydrogens is 206 g/mol. The van der Waals surface area contributed by atoms with Gasteiger partial charge in [-0.1, -0.05) is 50.6 Å². The summed E-state index contributed by atoms with van der Waals surface area (Å²) in [5.41, 5.74) is 2.34. The van der Waals surface area contributed by atoms with Crippen molar-refractivity contribution in [2.75, 3.05) is 0 Å². The Labute approximate surface area is 95.1 Å². The summed E-state index contributed by atoms with van der Waals surface area (Å²) < 4.78 is 0. The van der Waals surface area contributed by atoms with Gasteiger partial charge in [0.1, 0.15) is 5.15 Å². The van der Waals surface area contributed by atoms with E-state index >= 15 is 0 Å². The van der Waals surface area contributed by atoms with E-state index in [-0.39, 0.29) is 5.41 Å². The molecule has 0 radical (unpaired) electrons. The first kappa shape index (κ1) is 10.4. The molecule has 0 aliphatic carbocycles. The number of fused-ring (bicyclic) bond motifs is 1. The third-order valence-corrected chi connectivity index (χ3v) is 2.70. The molecule has 0 unspecified atom stereocenters. The Bertz CT molecular complexity index is 497. The van der Waals surface area contributed by atoms with E-state index in [0.717, 1.165) is 10.9 Å². The van der Waals surface area contributed by atoms with Gasteiger partial charge in [-0.2, -0.15) is 0 Å². The Hall–Kier alpha value is -1.08. The van der Waals surface area contributed by atoms with Crippen LogP contribution in [0.5, 0.6) is 0 Å². The van der Waals surface area contributed by atoms with Gasteiger partial charge in [-0.25, -0.2) is 4.98 Å². The molecule has 0 N–H and O–H groups in total. The summed E-state index contributed by atoms with van der Waals surface area (Å²) >= 11 is 5.93. The average Bonchev–Trinajstić information content (AvgIpc) is 2.15. The highest BCUT2D eigenvalue weighted by atomic mass is 35.5. The third kappa shape index (κ3) is 1.98. The second-order valence-electron chi connectivity index (χ2n) is 4.76. The Morgan fingerprint density at radius 3 is 2.47 bits per heavy atom. The molecule has 0 bridgehead atoms. The number of aromatic nitrogens is 1. The maximum absolute atomic E-state index is 5.93. The number of hydrogen-bond donors (Lipinski definition) is 0. The van der Waals surface area contributed by atoms with E-state index in [9.17, 15) is 0 Å². The molecule has 1 aromatic heterocycles. The van der Waals surface area contributed by atoms with Gasteiger partial charge in [0.15, 0.2) is 0 Å². The third-order valence-electron chi connectivity index (χ3n) is 2.49. The van der Waals surface area contributed by atoms with Crippen LogP contribution in [-0.4, -0.2) is 4.98 Å². The fourth-order valence-corrected chi connectivity index (χ4v) is 1.88. The Balaban J connectivity index is 2.80. The topological polar surface area (TPSA) is 12.9 Å². The van der Waals surface area contributed by atoms with Crippen LogP contribution in [0, 0.1) is 0 Å². The van der Waals surface area contributed by atoms with E-state index < -0.39 is 0 Å². The average molecular weight is 220 g/mol. The highest BCUT2D eigenvalue weighted by Crippen LogP contribution is 2.29. The molecule has 0 atom stereocenters. The van der Waals surface area contributed by atoms with Gasteiger partial charge in [-0.15, -0.1) is 0 Å². The second kappa shape index (κ2) is 3.49. The summed E-state index contributed by atoms with van der Waals surface area (Å²) in [5.74, 6) is 0. The number of pyridine rings is 1. The van der Waals surface area contributed by atoms with Crippen molar-refractivity contribution in [3.8, 4) is 0 Å². The van der Waals surface area contributed by atoms with Crippen molar-refractivity contribution in [1.29, 1.82) is 0 Å². The zero-order chi connectivity index (χ0) is 11.1. The molecule has 1 aromatic carbocycles. The van der Waals surface area contributed by atoms with Crippen molar-refractivity contribution in [3.63, 3.8) is 0 Å². The highest BCUT2D eigenvalue weighted by molar-refractivity contribution is 6.29. The van der Waals surface area contributed by atoms with E-state index in [2.05, 4.69) is 44.0 Å². The molecular formula is C13H14ClN. The summed E-state index contributed by atoms with van der Waals surface area (Å²) in [7, 11) is 0. The van der Waals surface area contributed by atoms with Gasteiger partial charge >= 0.3 is 0 Å². The molecule has 78 valence electrons. The normalized spacial score (nSPS) is 12.0. The predicted octanol–water partition coefficient (Wildman–Crippen LogP) is 4.19. The summed E-state index contributed by atoms with van der Waals surface area (Å²) in [4.78, 5) is 4.41. The van der Waals surface area contributed by atoms with Gasteiger partial charge in [0.2, 0.25) is 0 Å². The van der Waals surface area contributed by atoms with Crippen LogP contribution in [-0.2, 0) is 5.41 Å². The van der Waals surface area contributed by atoms with Crippen LogP contribution in [0.25, 0.3) is 10.9 Å². The number of halogens is 1. The molecule has 2 aromatic rings. The van der Waals surface area contributed by atoms with Crippen molar-refractivity contribution in [3.05, 3.63) is 41.0 Å². The predicted molar refractivity (Wildman–Crippen MR) is 65.5 cm³/mol. The fraction of sp³-hybridized carbons (Fsp3) is 0.308. The fourth-order valence-electron chi connectivity index (χ4n) is 1.73. The summed E-state index contributed by atoms with van der Waals surface area (Å²) in [6.45, 7) is 6.55. The monoisotopic (exact) mass is 219 g/mol. The van der Waals surface area contributed by atoms with Gasteiger partial charge < -0.3 is 0 Å². The first-order valence-electron chi connectivity index (χ1n) is 5.04. The summed E-state index contributed by atoms with van der Waals surface area (Å²) in [5, 5.41) is 1.70. The number of para-hydroxylation sites is 1. The molecule has 2 rings (SSSR count). The van der Waals surface area contributed by atoms with Crippen molar-refractivity contribution >= 4 is 22.5 Å². The SMILES string of the molecule is CC(C)(C)c1cccc2ccc(Cl)nc12. The minimum Gasteiger partial charge on any atom is -0.236 e. The number of hydrogen-bond acceptors (Lipinski definition) is 1. The van der Waals surface area contributed by atoms with Gasteiger partial charge in [-0.05, 0) is 23.1 Å². The van der Waals surface area contributed by atoms with Gasteiger partial charge in [0.05, 0.1) is 5.52 Å². The molecule has 0 saturated carbocycles. The zero-order valence-corrected chi connectivity index (χ0v) is 9.97. The number of benzene rings is 1. The largest absolute Gasteiger partial charge is 0.236 e. The van der Waals surface area contributed by atoms with Crippen molar-refractivity contribution in [2.24, 2.45) is 0 Å². The number of nitrogens with zero attached hydrogens (tertiary/aromatic N) is 1. The van der Waals surface area contributed by atoms with Crippen LogP contribution in [0.1, 0.15) is 26.3 Å². The van der Waals surface area contributed by atoms with E-state index in [1.54, 1.807) is 0 Å². The first-order chi connectivity index (χ1) is 6.98. The van der Waals surface area contributed by atoms with Crippen LogP contribution < -0.4 is 0 Å². The van der Waals surface area contributed by atoms with Crippen LogP contribution in [0.3, 0.4) is 0 Å². The molecule has 0 aliphatic heterocycles. The Morgan fingerprint density at radius 2 is 1.80 bits per heavy atom. The summed E-state index contributed by atoms with van der Waals surface area (Å²) in [6.07, 6.45) is 0. The Morgan fingerprint density at radius 1 is 1.07 bits per heavy atom. The second-order valence-corrected chi connectivity index (χ2v) is 5.15. The number of rotatable bonds is 0. The maximum atomic E-state index is 5.93. The molecule has 0 amide bonds. The van der Waals surface area contributed by atoms with Crippen LogP contribution in [0.15, 0.2) is 30.3 Å². The molecule has 0 aliphatic rings. The van der Waals surface area contributed by atoms with Crippen molar-refractivity contribution < 1.29 is 0 Å². The van der Waals surface area contributed by atoms with Crippen LogP contribution in [0.2, 0.25) is 5.15 Å². The van der Waals surface area contributed by atoms with Crippen LogP contribution in [0.4, 0.5) is 0 Å². The Kier molecular flexibility index (Phi) is 2.43. The van der Waals surface area contributed by atoms with E-state index in [1.165, 1.54) is 5.56 Å². The van der Waals surface area contributed by atoms with Gasteiger partial charge in [-0.3, -0.25) is 0 Å². The highest BCUT2D eigenvalue weighted by Gasteiger charge is 2.17. The summed E-state index contributed by atoms with van der Waals surface area (Å²) in [6, 6.07) is 10.1. The molecule has 2 heteroatoms. The van der Waals surface area contributed by atoms with Crippen molar-refractivity contribution in [1.82, 2.24) is 4.98 Å². The molecule has 0 saturated heterocycles. The molecule has 1 heterocycles. The molecule has 0 fully saturated rings. The minimum absolute atomic E-state index is 0.0944. The molecule has 0 spiro atoms. The van der Waals surface area contributed by atoms with Gasteiger partial charge in [0.25, 0.3) is 0 Å². The van der Waals surface area contributed by atoms with E-state index in [1.807, 2.05) is 12.1 Å². The standard InChI is InChI=1S/C13H14ClN/c1-13(2,3)10-6-4-5-9-7-8-11(14)15-12(9)10/h4-8H,1-3H3. The van der Waals surface area contributed by atoms with E-state index in [0.29, 0.717) is 5.15 Å². The lowest BCUT2D eigenvalue weighted by Gasteiger charge is -2.20. The van der Waals surface area contributed by atoms with E-state index in [4.69, 9.17) is 11.6 Å². The maximum Gasteiger partial charge on any atom is 0.129 e. The lowest BCUT2D eigenvalue weighted by Crippen LogP contribution is -2.12. The lowest BCUT2D eigenvalue weighted by atomic mass is 9.85. The first-order valence-corrected chi connectivity index (χ1v) is 5.42. The quantitative estimate of drug-likeness (QED) is 0.606. The van der Waals surface area contributed by atoms with Crippen molar-refractivity contribution in [2.45, 2.75) is 26.2 Å². The zero-order valence-electron chi connectivity index (χ0n) is 9.21. The molecule has 15 heavy (non-hydrogen) atoms. The van der Waals surface area contributed by atoms with Crippen LogP contribution >= 0.6 is 11.6 Å².